The number of nitrogens with one attached hydrogen (secondary N) is 1. The Morgan fingerprint density at radius 2 is 2.05 bits per heavy atom. The fourth-order valence-corrected chi connectivity index (χ4v) is 2.22. The van der Waals surface area contributed by atoms with Crippen LogP contribution >= 0.6 is 0 Å². The molecule has 106 valence electrons. The number of benzene rings is 1. The van der Waals surface area contributed by atoms with Crippen LogP contribution in [0.2, 0.25) is 0 Å². The van der Waals surface area contributed by atoms with E-state index in [1.54, 1.807) is 7.11 Å². The number of ether oxygens (including phenoxy) is 2. The highest BCUT2D eigenvalue weighted by molar-refractivity contribution is 5.30. The van der Waals surface area contributed by atoms with Gasteiger partial charge in [0.1, 0.15) is 18.0 Å². The van der Waals surface area contributed by atoms with E-state index in [-0.39, 0.29) is 24.0 Å². The highest BCUT2D eigenvalue weighted by atomic mass is 19.4. The molecule has 0 spiro atoms. The zero-order valence-corrected chi connectivity index (χ0v) is 10.7. The number of likely N-dealkylation sites (N-methyl/N-ethyl adjacent to an activating group) is 1. The van der Waals surface area contributed by atoms with E-state index in [0.29, 0.717) is 6.42 Å². The summed E-state index contributed by atoms with van der Waals surface area (Å²) in [5, 5.41) is 3.07. The van der Waals surface area contributed by atoms with Crippen LogP contribution in [0.4, 0.5) is 13.2 Å². The van der Waals surface area contributed by atoms with Crippen molar-refractivity contribution in [1.82, 2.24) is 5.32 Å². The molecule has 19 heavy (non-hydrogen) atoms. The van der Waals surface area contributed by atoms with Gasteiger partial charge in [-0.1, -0.05) is 6.07 Å². The van der Waals surface area contributed by atoms with Gasteiger partial charge in [0.2, 0.25) is 0 Å². The quantitative estimate of drug-likeness (QED) is 0.915. The van der Waals surface area contributed by atoms with Crippen molar-refractivity contribution in [2.75, 3.05) is 14.2 Å². The lowest BCUT2D eigenvalue weighted by Gasteiger charge is -2.43. The van der Waals surface area contributed by atoms with Crippen LogP contribution in [0.1, 0.15) is 12.0 Å². The molecule has 0 heterocycles. The minimum atomic E-state index is -4.35. The van der Waals surface area contributed by atoms with E-state index in [0.717, 1.165) is 12.1 Å². The van der Waals surface area contributed by atoms with Gasteiger partial charge in [-0.3, -0.25) is 0 Å². The lowest BCUT2D eigenvalue weighted by atomic mass is 9.85. The molecule has 0 bridgehead atoms. The summed E-state index contributed by atoms with van der Waals surface area (Å²) in [6.07, 6.45) is -4.00. The van der Waals surface area contributed by atoms with E-state index < -0.39 is 11.7 Å². The maximum absolute atomic E-state index is 12.6. The van der Waals surface area contributed by atoms with Gasteiger partial charge in [-0.05, 0) is 25.2 Å². The number of hydrogen-bond acceptors (Lipinski definition) is 3. The van der Waals surface area contributed by atoms with Gasteiger partial charge in [-0.2, -0.15) is 13.2 Å². The third kappa shape index (κ3) is 3.01. The number of halogens is 3. The summed E-state index contributed by atoms with van der Waals surface area (Å²) in [6.45, 7) is 0. The Morgan fingerprint density at radius 3 is 2.63 bits per heavy atom. The SMILES string of the molecule is CNC1CC(Oc2cccc(C(F)(F)F)c2)C1OC. The normalized spacial score (nSPS) is 26.9. The van der Waals surface area contributed by atoms with Gasteiger partial charge >= 0.3 is 6.18 Å². The van der Waals surface area contributed by atoms with Crippen molar-refractivity contribution < 1.29 is 22.6 Å². The van der Waals surface area contributed by atoms with Crippen LogP contribution < -0.4 is 10.1 Å². The third-order valence-electron chi connectivity index (χ3n) is 3.34. The molecule has 1 saturated carbocycles. The van der Waals surface area contributed by atoms with Gasteiger partial charge < -0.3 is 14.8 Å². The molecule has 1 aliphatic carbocycles. The fraction of sp³-hybridized carbons (Fsp3) is 0.538. The second-order valence-corrected chi connectivity index (χ2v) is 4.51. The molecule has 3 unspecified atom stereocenters. The largest absolute Gasteiger partial charge is 0.488 e. The van der Waals surface area contributed by atoms with Gasteiger partial charge in [0, 0.05) is 19.6 Å². The van der Waals surface area contributed by atoms with Crippen LogP contribution in [0.15, 0.2) is 24.3 Å². The molecule has 1 fully saturated rings. The van der Waals surface area contributed by atoms with Crippen LogP contribution in [0.25, 0.3) is 0 Å². The lowest BCUT2D eigenvalue weighted by Crippen LogP contribution is -2.60. The standard InChI is InChI=1S/C13H16F3NO2/c1-17-10-7-11(12(10)18-2)19-9-5-3-4-8(6-9)13(14,15)16/h3-6,10-12,17H,7H2,1-2H3. The van der Waals surface area contributed by atoms with E-state index in [9.17, 15) is 13.2 Å². The number of rotatable bonds is 4. The Morgan fingerprint density at radius 1 is 1.32 bits per heavy atom. The second kappa shape index (κ2) is 5.38. The van der Waals surface area contributed by atoms with Crippen molar-refractivity contribution in [3.63, 3.8) is 0 Å². The zero-order chi connectivity index (χ0) is 14.0. The molecule has 0 aliphatic heterocycles. The molecule has 0 aromatic heterocycles. The highest BCUT2D eigenvalue weighted by Crippen LogP contribution is 2.33. The van der Waals surface area contributed by atoms with Crippen molar-refractivity contribution in [3.8, 4) is 5.75 Å². The summed E-state index contributed by atoms with van der Waals surface area (Å²) >= 11 is 0. The summed E-state index contributed by atoms with van der Waals surface area (Å²) in [6, 6.07) is 5.08. The van der Waals surface area contributed by atoms with Gasteiger partial charge in [0.15, 0.2) is 0 Å². The molecule has 3 atom stereocenters. The molecule has 1 aromatic rings. The summed E-state index contributed by atoms with van der Waals surface area (Å²) in [5.41, 5.74) is -0.705. The van der Waals surface area contributed by atoms with E-state index >= 15 is 0 Å². The van der Waals surface area contributed by atoms with Crippen molar-refractivity contribution >= 4 is 0 Å². The molecular weight excluding hydrogens is 259 g/mol. The Kier molecular flexibility index (Phi) is 4.01. The Hall–Kier alpha value is -1.27. The summed E-state index contributed by atoms with van der Waals surface area (Å²) in [4.78, 5) is 0. The minimum absolute atomic E-state index is 0.139. The predicted molar refractivity (Wildman–Crippen MR) is 64.1 cm³/mol. The molecule has 0 saturated heterocycles. The first-order chi connectivity index (χ1) is 8.95. The first-order valence-electron chi connectivity index (χ1n) is 5.99. The highest BCUT2D eigenvalue weighted by Gasteiger charge is 2.42. The third-order valence-corrected chi connectivity index (χ3v) is 3.34. The molecule has 1 aromatic carbocycles. The minimum Gasteiger partial charge on any atom is -0.488 e. The van der Waals surface area contributed by atoms with E-state index in [2.05, 4.69) is 5.32 Å². The van der Waals surface area contributed by atoms with Crippen molar-refractivity contribution in [2.45, 2.75) is 30.8 Å². The molecule has 3 nitrogen and oxygen atoms in total. The van der Waals surface area contributed by atoms with Gasteiger partial charge in [-0.25, -0.2) is 0 Å². The molecule has 6 heteroatoms. The van der Waals surface area contributed by atoms with Gasteiger partial charge in [0.25, 0.3) is 0 Å². The average molecular weight is 275 g/mol. The van der Waals surface area contributed by atoms with Crippen LogP contribution in [0, 0.1) is 0 Å². The zero-order valence-electron chi connectivity index (χ0n) is 10.7. The van der Waals surface area contributed by atoms with Gasteiger partial charge in [-0.15, -0.1) is 0 Å². The molecule has 0 radical (unpaired) electrons. The number of methoxy groups -OCH3 is 1. The van der Waals surface area contributed by atoms with Crippen LogP contribution in [0.5, 0.6) is 5.75 Å². The van der Waals surface area contributed by atoms with E-state index in [4.69, 9.17) is 9.47 Å². The van der Waals surface area contributed by atoms with Crippen molar-refractivity contribution in [2.24, 2.45) is 0 Å². The van der Waals surface area contributed by atoms with E-state index in [1.807, 2.05) is 7.05 Å². The maximum atomic E-state index is 12.6. The molecule has 0 amide bonds. The predicted octanol–water partition coefficient (Wildman–Crippen LogP) is 2.46. The first kappa shape index (κ1) is 14.1. The Bertz CT molecular complexity index is 436. The number of hydrogen-bond donors (Lipinski definition) is 1. The topological polar surface area (TPSA) is 30.5 Å². The van der Waals surface area contributed by atoms with Crippen LogP contribution in [-0.2, 0) is 10.9 Å². The molecule has 2 rings (SSSR count). The fourth-order valence-electron chi connectivity index (χ4n) is 2.22. The Labute approximate surface area is 109 Å². The van der Waals surface area contributed by atoms with Crippen LogP contribution in [0.3, 0.4) is 0 Å². The Balaban J connectivity index is 2.04. The van der Waals surface area contributed by atoms with Crippen LogP contribution in [-0.4, -0.2) is 32.4 Å². The van der Waals surface area contributed by atoms with Crippen molar-refractivity contribution in [3.05, 3.63) is 29.8 Å². The summed E-state index contributed by atoms with van der Waals surface area (Å²) in [7, 11) is 3.38. The smallest absolute Gasteiger partial charge is 0.416 e. The maximum Gasteiger partial charge on any atom is 0.416 e. The van der Waals surface area contributed by atoms with Gasteiger partial charge in [0.05, 0.1) is 5.56 Å². The average Bonchev–Trinajstić information content (AvgIpc) is 2.34. The molecule has 1 aliphatic rings. The second-order valence-electron chi connectivity index (χ2n) is 4.51. The molecule has 1 N–H and O–H groups in total. The first-order valence-corrected chi connectivity index (χ1v) is 5.99. The monoisotopic (exact) mass is 275 g/mol. The van der Waals surface area contributed by atoms with E-state index in [1.165, 1.54) is 12.1 Å². The summed E-state index contributed by atoms with van der Waals surface area (Å²) < 4.78 is 48.5. The number of alkyl halides is 3. The van der Waals surface area contributed by atoms with Crippen molar-refractivity contribution in [1.29, 1.82) is 0 Å². The molecular formula is C13H16F3NO2. The lowest BCUT2D eigenvalue weighted by molar-refractivity contribution is -0.137. The summed E-state index contributed by atoms with van der Waals surface area (Å²) in [5.74, 6) is 0.219.